The van der Waals surface area contributed by atoms with Crippen LogP contribution in [0.25, 0.3) is 0 Å². The van der Waals surface area contributed by atoms with E-state index in [4.69, 9.17) is 10.4 Å². The molecule has 1 saturated carbocycles. The van der Waals surface area contributed by atoms with Gasteiger partial charge in [0.25, 0.3) is 0 Å². The first-order chi connectivity index (χ1) is 5.58. The molecule has 0 amide bonds. The minimum atomic E-state index is -0.723. The third-order valence-corrected chi connectivity index (χ3v) is 2.79. The Balaban J connectivity index is 2.56. The summed E-state index contributed by atoms with van der Waals surface area (Å²) < 4.78 is 0. The van der Waals surface area contributed by atoms with Gasteiger partial charge in [-0.05, 0) is 32.6 Å². The van der Waals surface area contributed by atoms with Crippen molar-refractivity contribution < 1.29 is 9.90 Å². The summed E-state index contributed by atoms with van der Waals surface area (Å²) >= 11 is 0. The third-order valence-electron chi connectivity index (χ3n) is 2.79. The van der Waals surface area contributed by atoms with Gasteiger partial charge in [-0.2, -0.15) is 5.26 Å². The molecule has 0 aromatic carbocycles. The van der Waals surface area contributed by atoms with Crippen molar-refractivity contribution in [2.45, 2.75) is 32.6 Å². The van der Waals surface area contributed by atoms with E-state index in [2.05, 4.69) is 6.07 Å². The lowest BCUT2D eigenvalue weighted by Crippen LogP contribution is -2.32. The molecule has 1 N–H and O–H groups in total. The molecule has 0 unspecified atom stereocenters. The molecule has 1 fully saturated rings. The second-order valence-electron chi connectivity index (χ2n) is 3.77. The van der Waals surface area contributed by atoms with Crippen LogP contribution in [0, 0.1) is 22.7 Å². The molecule has 0 aliphatic heterocycles. The summed E-state index contributed by atoms with van der Waals surface area (Å²) in [7, 11) is 0. The zero-order valence-electron chi connectivity index (χ0n) is 7.21. The minimum absolute atomic E-state index is 0.0809. The Kier molecular flexibility index (Phi) is 2.37. The molecule has 0 aromatic heterocycles. The molecule has 12 heavy (non-hydrogen) atoms. The third kappa shape index (κ3) is 1.58. The van der Waals surface area contributed by atoms with Gasteiger partial charge in [-0.25, -0.2) is 0 Å². The SMILES string of the molecule is CC1(C(=O)O)CCC(C#N)CC1. The van der Waals surface area contributed by atoms with E-state index >= 15 is 0 Å². The molecule has 66 valence electrons. The quantitative estimate of drug-likeness (QED) is 0.647. The van der Waals surface area contributed by atoms with Crippen LogP contribution >= 0.6 is 0 Å². The van der Waals surface area contributed by atoms with Gasteiger partial charge < -0.3 is 5.11 Å². The highest BCUT2D eigenvalue weighted by Gasteiger charge is 2.37. The zero-order valence-corrected chi connectivity index (χ0v) is 7.21. The molecule has 0 atom stereocenters. The standard InChI is InChI=1S/C9H13NO2/c1-9(8(11)12)4-2-7(6-10)3-5-9/h7H,2-5H2,1H3,(H,11,12). The number of rotatable bonds is 1. The average Bonchev–Trinajstić information content (AvgIpc) is 2.06. The summed E-state index contributed by atoms with van der Waals surface area (Å²) in [5.74, 6) is -0.642. The molecule has 3 nitrogen and oxygen atoms in total. The number of hydrogen-bond acceptors (Lipinski definition) is 2. The van der Waals surface area contributed by atoms with E-state index in [-0.39, 0.29) is 5.92 Å². The Morgan fingerprint density at radius 1 is 1.58 bits per heavy atom. The van der Waals surface area contributed by atoms with Crippen LogP contribution in [0.1, 0.15) is 32.6 Å². The molecular formula is C9H13NO2. The van der Waals surface area contributed by atoms with Crippen molar-refractivity contribution in [3.05, 3.63) is 0 Å². The van der Waals surface area contributed by atoms with E-state index in [0.29, 0.717) is 12.8 Å². The highest BCUT2D eigenvalue weighted by molar-refractivity contribution is 5.74. The number of hydrogen-bond donors (Lipinski definition) is 1. The smallest absolute Gasteiger partial charge is 0.309 e. The van der Waals surface area contributed by atoms with Crippen molar-refractivity contribution in [2.24, 2.45) is 11.3 Å². The second kappa shape index (κ2) is 3.14. The number of aliphatic carboxylic acids is 1. The Bertz CT molecular complexity index is 221. The van der Waals surface area contributed by atoms with Gasteiger partial charge in [0.1, 0.15) is 0 Å². The second-order valence-corrected chi connectivity index (χ2v) is 3.77. The fourth-order valence-corrected chi connectivity index (χ4v) is 1.60. The first-order valence-electron chi connectivity index (χ1n) is 4.21. The predicted molar refractivity (Wildman–Crippen MR) is 43.3 cm³/mol. The lowest BCUT2D eigenvalue weighted by Gasteiger charge is -2.30. The molecule has 0 spiro atoms. The minimum Gasteiger partial charge on any atom is -0.481 e. The molecule has 1 aliphatic rings. The van der Waals surface area contributed by atoms with Gasteiger partial charge >= 0.3 is 5.97 Å². The van der Waals surface area contributed by atoms with Gasteiger partial charge in [0, 0.05) is 5.92 Å². The zero-order chi connectivity index (χ0) is 9.19. The molecule has 1 rings (SSSR count). The Morgan fingerprint density at radius 3 is 2.42 bits per heavy atom. The number of carbonyl (C=O) groups is 1. The number of nitriles is 1. The van der Waals surface area contributed by atoms with E-state index in [1.54, 1.807) is 6.92 Å². The van der Waals surface area contributed by atoms with E-state index in [1.165, 1.54) is 0 Å². The molecule has 0 aromatic rings. The largest absolute Gasteiger partial charge is 0.481 e. The highest BCUT2D eigenvalue weighted by Crippen LogP contribution is 2.38. The predicted octanol–water partition coefficient (Wildman–Crippen LogP) is 1.79. The molecular weight excluding hydrogens is 154 g/mol. The van der Waals surface area contributed by atoms with E-state index in [9.17, 15) is 4.79 Å². The monoisotopic (exact) mass is 167 g/mol. The molecule has 3 heteroatoms. The summed E-state index contributed by atoms with van der Waals surface area (Å²) in [6.07, 6.45) is 2.75. The van der Waals surface area contributed by atoms with Crippen LogP contribution in [-0.2, 0) is 4.79 Å². The molecule has 0 bridgehead atoms. The van der Waals surface area contributed by atoms with Crippen molar-refractivity contribution in [3.63, 3.8) is 0 Å². The van der Waals surface area contributed by atoms with Crippen molar-refractivity contribution in [3.8, 4) is 6.07 Å². The van der Waals surface area contributed by atoms with Crippen LogP contribution in [0.3, 0.4) is 0 Å². The van der Waals surface area contributed by atoms with Gasteiger partial charge in [0.15, 0.2) is 0 Å². The fraction of sp³-hybridized carbons (Fsp3) is 0.778. The Morgan fingerprint density at radius 2 is 2.08 bits per heavy atom. The highest BCUT2D eigenvalue weighted by atomic mass is 16.4. The van der Waals surface area contributed by atoms with Crippen LogP contribution in [-0.4, -0.2) is 11.1 Å². The fourth-order valence-electron chi connectivity index (χ4n) is 1.60. The summed E-state index contributed by atoms with van der Waals surface area (Å²) in [5.41, 5.74) is -0.576. The van der Waals surface area contributed by atoms with Gasteiger partial charge in [-0.1, -0.05) is 0 Å². The lowest BCUT2D eigenvalue weighted by molar-refractivity contribution is -0.150. The van der Waals surface area contributed by atoms with Crippen LogP contribution < -0.4 is 0 Å². The van der Waals surface area contributed by atoms with Crippen molar-refractivity contribution in [2.75, 3.05) is 0 Å². The Labute approximate surface area is 72.0 Å². The molecule has 0 heterocycles. The number of carboxylic acid groups (broad SMARTS) is 1. The summed E-state index contributed by atoms with van der Waals surface area (Å²) in [6.45, 7) is 1.77. The maximum Gasteiger partial charge on any atom is 0.309 e. The maximum atomic E-state index is 10.8. The maximum absolute atomic E-state index is 10.8. The first-order valence-corrected chi connectivity index (χ1v) is 4.21. The summed E-state index contributed by atoms with van der Waals surface area (Å²) in [5, 5.41) is 17.5. The van der Waals surface area contributed by atoms with Gasteiger partial charge in [-0.3, -0.25) is 4.79 Å². The van der Waals surface area contributed by atoms with E-state index in [1.807, 2.05) is 0 Å². The molecule has 1 aliphatic carbocycles. The van der Waals surface area contributed by atoms with Gasteiger partial charge in [0.05, 0.1) is 11.5 Å². The van der Waals surface area contributed by atoms with E-state index in [0.717, 1.165) is 12.8 Å². The van der Waals surface area contributed by atoms with Gasteiger partial charge in [-0.15, -0.1) is 0 Å². The Hall–Kier alpha value is -1.04. The number of carboxylic acids is 1. The molecule has 0 saturated heterocycles. The lowest BCUT2D eigenvalue weighted by atomic mass is 9.72. The van der Waals surface area contributed by atoms with Crippen molar-refractivity contribution in [1.82, 2.24) is 0 Å². The van der Waals surface area contributed by atoms with Crippen LogP contribution in [0.5, 0.6) is 0 Å². The normalized spacial score (nSPS) is 35.5. The number of nitrogens with zero attached hydrogens (tertiary/aromatic N) is 1. The van der Waals surface area contributed by atoms with Crippen molar-refractivity contribution in [1.29, 1.82) is 5.26 Å². The summed E-state index contributed by atoms with van der Waals surface area (Å²) in [6, 6.07) is 2.19. The van der Waals surface area contributed by atoms with Crippen LogP contribution in [0.15, 0.2) is 0 Å². The van der Waals surface area contributed by atoms with Crippen LogP contribution in [0.2, 0.25) is 0 Å². The van der Waals surface area contributed by atoms with Gasteiger partial charge in [0.2, 0.25) is 0 Å². The summed E-state index contributed by atoms with van der Waals surface area (Å²) in [4.78, 5) is 10.8. The average molecular weight is 167 g/mol. The van der Waals surface area contributed by atoms with Crippen LogP contribution in [0.4, 0.5) is 0 Å². The first kappa shape index (κ1) is 9.05. The molecule has 0 radical (unpaired) electrons. The van der Waals surface area contributed by atoms with E-state index < -0.39 is 11.4 Å². The van der Waals surface area contributed by atoms with Crippen molar-refractivity contribution >= 4 is 5.97 Å². The topological polar surface area (TPSA) is 61.1 Å².